The van der Waals surface area contributed by atoms with Gasteiger partial charge < -0.3 is 10.3 Å². The molecule has 2 aromatic carbocycles. The highest BCUT2D eigenvalue weighted by molar-refractivity contribution is 6.01. The summed E-state index contributed by atoms with van der Waals surface area (Å²) in [5.74, 6) is 0.171. The van der Waals surface area contributed by atoms with Crippen molar-refractivity contribution in [2.75, 3.05) is 5.32 Å². The molecule has 7 nitrogen and oxygen atoms in total. The molecule has 0 aliphatic heterocycles. The summed E-state index contributed by atoms with van der Waals surface area (Å²) in [6.45, 7) is 1.80. The first kappa shape index (κ1) is 21.7. The van der Waals surface area contributed by atoms with E-state index in [4.69, 9.17) is 0 Å². The fourth-order valence-corrected chi connectivity index (χ4v) is 4.30. The number of aromatic amines is 2. The number of nitrogens with one attached hydrogen (secondary N) is 3. The fourth-order valence-electron chi connectivity index (χ4n) is 4.30. The van der Waals surface area contributed by atoms with Gasteiger partial charge in [-0.15, -0.1) is 0 Å². The smallest absolute Gasteiger partial charge is 0.225 e. The Hall–Kier alpha value is -4.85. The number of fused-ring (bicyclic) bond motifs is 2. The van der Waals surface area contributed by atoms with E-state index in [2.05, 4.69) is 36.5 Å². The summed E-state index contributed by atoms with van der Waals surface area (Å²) in [5, 5.41) is 12.2. The molecule has 6 aromatic rings. The number of benzene rings is 2. The molecule has 6 rings (SSSR count). The number of hydrogen-bond donors (Lipinski definition) is 3. The Morgan fingerprint density at radius 3 is 2.50 bits per heavy atom. The molecular formula is C28H21FN6O. The predicted octanol–water partition coefficient (Wildman–Crippen LogP) is 6.32. The first-order valence-electron chi connectivity index (χ1n) is 11.6. The van der Waals surface area contributed by atoms with Gasteiger partial charge in [0.2, 0.25) is 5.91 Å². The molecule has 1 amide bonds. The molecule has 0 aliphatic carbocycles. The van der Waals surface area contributed by atoms with E-state index in [9.17, 15) is 9.18 Å². The Morgan fingerprint density at radius 2 is 1.72 bits per heavy atom. The highest BCUT2D eigenvalue weighted by Crippen LogP contribution is 2.34. The normalized spacial score (nSPS) is 11.3. The summed E-state index contributed by atoms with van der Waals surface area (Å²) in [7, 11) is 0. The second-order valence-electron chi connectivity index (χ2n) is 8.48. The quantitative estimate of drug-likeness (QED) is 0.271. The van der Waals surface area contributed by atoms with Crippen molar-refractivity contribution in [3.05, 3.63) is 84.9 Å². The minimum absolute atomic E-state index is 0.0812. The van der Waals surface area contributed by atoms with Crippen LogP contribution in [0.25, 0.3) is 55.6 Å². The highest BCUT2D eigenvalue weighted by Gasteiger charge is 2.15. The van der Waals surface area contributed by atoms with Crippen LogP contribution >= 0.6 is 0 Å². The van der Waals surface area contributed by atoms with Crippen LogP contribution in [0.2, 0.25) is 0 Å². The van der Waals surface area contributed by atoms with Crippen LogP contribution < -0.4 is 5.32 Å². The summed E-state index contributed by atoms with van der Waals surface area (Å²) in [4.78, 5) is 24.0. The van der Waals surface area contributed by atoms with Crippen LogP contribution in [0, 0.1) is 5.82 Å². The lowest BCUT2D eigenvalue weighted by molar-refractivity contribution is -0.115. The third-order valence-electron chi connectivity index (χ3n) is 6.18. The zero-order valence-corrected chi connectivity index (χ0v) is 19.3. The number of aromatic nitrogens is 5. The van der Waals surface area contributed by atoms with Crippen molar-refractivity contribution in [1.29, 1.82) is 0 Å². The van der Waals surface area contributed by atoms with Crippen molar-refractivity contribution < 1.29 is 9.18 Å². The van der Waals surface area contributed by atoms with Gasteiger partial charge in [0.1, 0.15) is 11.6 Å². The molecule has 176 valence electrons. The zero-order valence-electron chi connectivity index (χ0n) is 19.3. The summed E-state index contributed by atoms with van der Waals surface area (Å²) in [6, 6.07) is 20.3. The topological polar surface area (TPSA) is 99.4 Å². The number of H-pyrrole nitrogens is 2. The van der Waals surface area contributed by atoms with Crippen molar-refractivity contribution >= 4 is 33.7 Å². The van der Waals surface area contributed by atoms with E-state index in [1.54, 1.807) is 37.5 Å². The van der Waals surface area contributed by atoms with Gasteiger partial charge in [-0.05, 0) is 53.6 Å². The molecule has 0 saturated heterocycles. The average molecular weight is 477 g/mol. The number of nitrogens with zero attached hydrogens (tertiary/aromatic N) is 3. The Kier molecular flexibility index (Phi) is 5.26. The van der Waals surface area contributed by atoms with Gasteiger partial charge in [-0.3, -0.25) is 9.89 Å². The lowest BCUT2D eigenvalue weighted by Gasteiger charge is -2.05. The molecule has 0 spiro atoms. The Balaban J connectivity index is 1.39. The SMILES string of the molecule is CCC(=O)Nc1ccc(-c2cnc3n[nH]c(-c4cc5c(-c6ccc(F)cc6)cccc5[nH]4)c3c2)cn1. The molecule has 0 saturated carbocycles. The van der Waals surface area contributed by atoms with Gasteiger partial charge in [-0.25, -0.2) is 14.4 Å². The number of carbonyl (C=O) groups excluding carboxylic acids is 1. The van der Waals surface area contributed by atoms with Crippen LogP contribution in [0.3, 0.4) is 0 Å². The van der Waals surface area contributed by atoms with Crippen LogP contribution in [-0.2, 0) is 4.79 Å². The van der Waals surface area contributed by atoms with E-state index >= 15 is 0 Å². The second-order valence-corrected chi connectivity index (χ2v) is 8.48. The fraction of sp³-hybridized carbons (Fsp3) is 0.0714. The van der Waals surface area contributed by atoms with E-state index in [-0.39, 0.29) is 11.7 Å². The number of amides is 1. The number of pyridine rings is 2. The molecule has 0 atom stereocenters. The van der Waals surface area contributed by atoms with Crippen LogP contribution in [0.15, 0.2) is 79.1 Å². The maximum absolute atomic E-state index is 13.5. The molecular weight excluding hydrogens is 455 g/mol. The number of anilines is 1. The largest absolute Gasteiger partial charge is 0.353 e. The molecule has 0 radical (unpaired) electrons. The first-order valence-corrected chi connectivity index (χ1v) is 11.6. The molecule has 0 fully saturated rings. The van der Waals surface area contributed by atoms with Gasteiger partial charge in [0, 0.05) is 46.2 Å². The summed E-state index contributed by atoms with van der Waals surface area (Å²) in [6.07, 6.45) is 3.87. The van der Waals surface area contributed by atoms with Crippen LogP contribution in [0.1, 0.15) is 13.3 Å². The lowest BCUT2D eigenvalue weighted by Crippen LogP contribution is -2.10. The maximum Gasteiger partial charge on any atom is 0.225 e. The highest BCUT2D eigenvalue weighted by atomic mass is 19.1. The van der Waals surface area contributed by atoms with E-state index in [1.165, 1.54) is 12.1 Å². The van der Waals surface area contributed by atoms with Gasteiger partial charge in [0.25, 0.3) is 0 Å². The van der Waals surface area contributed by atoms with Crippen molar-refractivity contribution in [1.82, 2.24) is 25.1 Å². The van der Waals surface area contributed by atoms with Crippen LogP contribution in [0.4, 0.5) is 10.2 Å². The second kappa shape index (κ2) is 8.74. The zero-order chi connectivity index (χ0) is 24.6. The predicted molar refractivity (Wildman–Crippen MR) is 139 cm³/mol. The van der Waals surface area contributed by atoms with E-state index in [1.807, 2.05) is 30.3 Å². The Bertz CT molecular complexity index is 1720. The summed E-state index contributed by atoms with van der Waals surface area (Å²) >= 11 is 0. The third-order valence-corrected chi connectivity index (χ3v) is 6.18. The van der Waals surface area contributed by atoms with Crippen molar-refractivity contribution in [3.8, 4) is 33.6 Å². The van der Waals surface area contributed by atoms with E-state index in [0.29, 0.717) is 17.9 Å². The molecule has 0 aliphatic rings. The molecule has 8 heteroatoms. The van der Waals surface area contributed by atoms with Crippen molar-refractivity contribution in [2.45, 2.75) is 13.3 Å². The van der Waals surface area contributed by atoms with Crippen molar-refractivity contribution in [2.24, 2.45) is 0 Å². The van der Waals surface area contributed by atoms with Gasteiger partial charge in [0.05, 0.1) is 11.4 Å². The lowest BCUT2D eigenvalue weighted by atomic mass is 10.0. The number of hydrogen-bond acceptors (Lipinski definition) is 4. The third kappa shape index (κ3) is 3.88. The Labute approximate surface area is 205 Å². The first-order chi connectivity index (χ1) is 17.6. The number of carbonyl (C=O) groups is 1. The minimum atomic E-state index is -0.261. The van der Waals surface area contributed by atoms with Crippen LogP contribution in [0.5, 0.6) is 0 Å². The standard InChI is InChI=1S/C28H21FN6O/c1-2-26(36)33-25-11-8-17(14-30-25)18-12-22-27(34-35-28(22)31-15-18)24-13-21-20(4-3-5-23(21)32-24)16-6-9-19(29)10-7-16/h3-15,32H,2H2,1H3,(H,30,33,36)(H,31,34,35). The van der Waals surface area contributed by atoms with Crippen LogP contribution in [-0.4, -0.2) is 31.1 Å². The Morgan fingerprint density at radius 1 is 0.917 bits per heavy atom. The van der Waals surface area contributed by atoms with E-state index < -0.39 is 0 Å². The molecule has 0 bridgehead atoms. The van der Waals surface area contributed by atoms with E-state index in [0.717, 1.165) is 49.9 Å². The monoisotopic (exact) mass is 476 g/mol. The average Bonchev–Trinajstić information content (AvgIpc) is 3.53. The van der Waals surface area contributed by atoms with Gasteiger partial charge >= 0.3 is 0 Å². The molecule has 4 heterocycles. The summed E-state index contributed by atoms with van der Waals surface area (Å²) in [5.41, 5.74) is 6.97. The van der Waals surface area contributed by atoms with Gasteiger partial charge in [-0.2, -0.15) is 5.10 Å². The minimum Gasteiger partial charge on any atom is -0.353 e. The molecule has 0 unspecified atom stereocenters. The molecule has 36 heavy (non-hydrogen) atoms. The van der Waals surface area contributed by atoms with Gasteiger partial charge in [0.15, 0.2) is 5.65 Å². The van der Waals surface area contributed by atoms with Crippen molar-refractivity contribution in [3.63, 3.8) is 0 Å². The van der Waals surface area contributed by atoms with Gasteiger partial charge in [-0.1, -0.05) is 31.2 Å². The maximum atomic E-state index is 13.5. The number of rotatable bonds is 5. The molecule has 4 aromatic heterocycles. The summed E-state index contributed by atoms with van der Waals surface area (Å²) < 4.78 is 13.5. The molecule has 3 N–H and O–H groups in total. The number of halogens is 1.